The predicted octanol–water partition coefficient (Wildman–Crippen LogP) is 0.976. The van der Waals surface area contributed by atoms with Gasteiger partial charge in [0.05, 0.1) is 6.42 Å². The summed E-state index contributed by atoms with van der Waals surface area (Å²) in [4.78, 5) is 23.1. The summed E-state index contributed by atoms with van der Waals surface area (Å²) in [5.41, 5.74) is -0.484. The molecule has 0 aromatic heterocycles. The van der Waals surface area contributed by atoms with Gasteiger partial charge in [-0.15, -0.1) is 0 Å². The third-order valence-electron chi connectivity index (χ3n) is 2.68. The number of esters is 1. The van der Waals surface area contributed by atoms with Gasteiger partial charge in [-0.05, 0) is 46.7 Å². The van der Waals surface area contributed by atoms with E-state index in [1.165, 1.54) is 0 Å². The zero-order valence-electron chi connectivity index (χ0n) is 11.5. The molecule has 1 saturated heterocycles. The Labute approximate surface area is 109 Å². The van der Waals surface area contributed by atoms with Crippen LogP contribution < -0.4 is 10.6 Å². The maximum Gasteiger partial charge on any atom is 0.306 e. The van der Waals surface area contributed by atoms with E-state index in [0.717, 1.165) is 25.9 Å². The predicted molar refractivity (Wildman–Crippen MR) is 69.1 cm³/mol. The first-order chi connectivity index (χ1) is 8.37. The molecule has 1 heterocycles. The smallest absolute Gasteiger partial charge is 0.306 e. The molecule has 0 aromatic rings. The summed E-state index contributed by atoms with van der Waals surface area (Å²) in [6.45, 7) is 7.34. The molecule has 0 unspecified atom stereocenters. The summed E-state index contributed by atoms with van der Waals surface area (Å²) in [6.07, 6.45) is 2.27. The van der Waals surface area contributed by atoms with Gasteiger partial charge in [-0.2, -0.15) is 0 Å². The van der Waals surface area contributed by atoms with Crippen LogP contribution >= 0.6 is 0 Å². The fraction of sp³-hybridized carbons (Fsp3) is 0.846. The number of rotatable bonds is 4. The topological polar surface area (TPSA) is 67.4 Å². The van der Waals surface area contributed by atoms with E-state index in [4.69, 9.17) is 4.74 Å². The largest absolute Gasteiger partial charge is 0.460 e. The summed E-state index contributed by atoms with van der Waals surface area (Å²) in [7, 11) is 0. The maximum atomic E-state index is 11.6. The molecule has 0 radical (unpaired) electrons. The zero-order chi connectivity index (χ0) is 13.6. The van der Waals surface area contributed by atoms with Crippen LogP contribution in [0.15, 0.2) is 0 Å². The molecule has 0 bridgehead atoms. The Balaban J connectivity index is 2.18. The van der Waals surface area contributed by atoms with Crippen molar-refractivity contribution in [2.24, 2.45) is 0 Å². The van der Waals surface area contributed by atoms with Gasteiger partial charge in [-0.3, -0.25) is 9.59 Å². The molecule has 1 amide bonds. The van der Waals surface area contributed by atoms with E-state index >= 15 is 0 Å². The van der Waals surface area contributed by atoms with Gasteiger partial charge < -0.3 is 15.4 Å². The SMILES string of the molecule is CC(C)(C)OC(=O)CCC(=O)NC1CCNCC1. The number of nitrogens with one attached hydrogen (secondary N) is 2. The minimum atomic E-state index is -0.484. The lowest BCUT2D eigenvalue weighted by Gasteiger charge is -2.23. The van der Waals surface area contributed by atoms with E-state index in [0.29, 0.717) is 0 Å². The van der Waals surface area contributed by atoms with Crippen LogP contribution in [-0.4, -0.2) is 36.6 Å². The minimum absolute atomic E-state index is 0.0623. The summed E-state index contributed by atoms with van der Waals surface area (Å²) in [5, 5.41) is 6.19. The van der Waals surface area contributed by atoms with Crippen molar-refractivity contribution in [2.75, 3.05) is 13.1 Å². The molecular weight excluding hydrogens is 232 g/mol. The number of carbonyl (C=O) groups is 2. The van der Waals surface area contributed by atoms with Crippen LogP contribution in [0, 0.1) is 0 Å². The van der Waals surface area contributed by atoms with Crippen LogP contribution in [0.5, 0.6) is 0 Å². The molecule has 18 heavy (non-hydrogen) atoms. The second-order valence-electron chi connectivity index (χ2n) is 5.68. The Hall–Kier alpha value is -1.10. The fourth-order valence-electron chi connectivity index (χ4n) is 1.87. The normalized spacial score (nSPS) is 17.3. The molecule has 0 atom stereocenters. The lowest BCUT2D eigenvalue weighted by Crippen LogP contribution is -2.42. The molecule has 0 aromatic carbocycles. The quantitative estimate of drug-likeness (QED) is 0.736. The number of hydrogen-bond acceptors (Lipinski definition) is 4. The van der Waals surface area contributed by atoms with Crippen molar-refractivity contribution >= 4 is 11.9 Å². The van der Waals surface area contributed by atoms with Crippen molar-refractivity contribution in [3.05, 3.63) is 0 Å². The third-order valence-corrected chi connectivity index (χ3v) is 2.68. The maximum absolute atomic E-state index is 11.6. The Morgan fingerprint density at radius 1 is 1.22 bits per heavy atom. The van der Waals surface area contributed by atoms with E-state index in [1.807, 2.05) is 20.8 Å². The highest BCUT2D eigenvalue weighted by atomic mass is 16.6. The molecule has 0 aliphatic carbocycles. The molecule has 1 aliphatic rings. The van der Waals surface area contributed by atoms with Crippen LogP contribution in [0.2, 0.25) is 0 Å². The van der Waals surface area contributed by atoms with Crippen molar-refractivity contribution in [1.82, 2.24) is 10.6 Å². The molecule has 104 valence electrons. The lowest BCUT2D eigenvalue weighted by atomic mass is 10.1. The van der Waals surface area contributed by atoms with Crippen molar-refractivity contribution in [2.45, 2.75) is 58.1 Å². The highest BCUT2D eigenvalue weighted by Crippen LogP contribution is 2.09. The van der Waals surface area contributed by atoms with E-state index in [-0.39, 0.29) is 30.8 Å². The first-order valence-electron chi connectivity index (χ1n) is 6.59. The van der Waals surface area contributed by atoms with Gasteiger partial charge in [0.25, 0.3) is 0 Å². The molecular formula is C13H24N2O3. The van der Waals surface area contributed by atoms with Gasteiger partial charge >= 0.3 is 5.97 Å². The first kappa shape index (κ1) is 15.0. The molecule has 1 rings (SSSR count). The zero-order valence-corrected chi connectivity index (χ0v) is 11.5. The van der Waals surface area contributed by atoms with Crippen molar-refractivity contribution < 1.29 is 14.3 Å². The summed E-state index contributed by atoms with van der Waals surface area (Å²) in [6, 6.07) is 0.248. The number of piperidine rings is 1. The third kappa shape index (κ3) is 6.59. The molecule has 1 aliphatic heterocycles. The van der Waals surface area contributed by atoms with Crippen molar-refractivity contribution in [3.63, 3.8) is 0 Å². The number of hydrogen-bond donors (Lipinski definition) is 2. The number of amides is 1. The summed E-state index contributed by atoms with van der Waals surface area (Å²) >= 11 is 0. The highest BCUT2D eigenvalue weighted by Gasteiger charge is 2.19. The van der Waals surface area contributed by atoms with E-state index in [1.54, 1.807) is 0 Å². The molecule has 1 fully saturated rings. The highest BCUT2D eigenvalue weighted by molar-refractivity contribution is 5.81. The van der Waals surface area contributed by atoms with Crippen LogP contribution in [0.1, 0.15) is 46.5 Å². The first-order valence-corrected chi connectivity index (χ1v) is 6.59. The van der Waals surface area contributed by atoms with Gasteiger partial charge in [-0.25, -0.2) is 0 Å². The molecule has 5 heteroatoms. The van der Waals surface area contributed by atoms with Crippen molar-refractivity contribution in [3.8, 4) is 0 Å². The standard InChI is InChI=1S/C13H24N2O3/c1-13(2,3)18-12(17)5-4-11(16)15-10-6-8-14-9-7-10/h10,14H,4-9H2,1-3H3,(H,15,16). The van der Waals surface area contributed by atoms with Gasteiger partial charge in [0.1, 0.15) is 5.60 Å². The summed E-state index contributed by atoms with van der Waals surface area (Å²) < 4.78 is 5.15. The Bertz CT molecular complexity index is 291. The molecule has 0 spiro atoms. The molecule has 2 N–H and O–H groups in total. The van der Waals surface area contributed by atoms with Crippen LogP contribution in [0.4, 0.5) is 0 Å². The lowest BCUT2D eigenvalue weighted by molar-refractivity contribution is -0.155. The van der Waals surface area contributed by atoms with Gasteiger partial charge in [0.15, 0.2) is 0 Å². The monoisotopic (exact) mass is 256 g/mol. The van der Waals surface area contributed by atoms with E-state index in [2.05, 4.69) is 10.6 Å². The molecule has 5 nitrogen and oxygen atoms in total. The van der Waals surface area contributed by atoms with Crippen LogP contribution in [0.3, 0.4) is 0 Å². The Kier molecular flexibility index (Phi) is 5.59. The van der Waals surface area contributed by atoms with Gasteiger partial charge in [0, 0.05) is 12.5 Å². The number of ether oxygens (including phenoxy) is 1. The van der Waals surface area contributed by atoms with E-state index in [9.17, 15) is 9.59 Å². The Morgan fingerprint density at radius 2 is 1.83 bits per heavy atom. The fourth-order valence-corrected chi connectivity index (χ4v) is 1.87. The minimum Gasteiger partial charge on any atom is -0.460 e. The second kappa shape index (κ2) is 6.73. The van der Waals surface area contributed by atoms with Gasteiger partial charge in [-0.1, -0.05) is 0 Å². The average molecular weight is 256 g/mol. The summed E-state index contributed by atoms with van der Waals surface area (Å²) in [5.74, 6) is -0.379. The van der Waals surface area contributed by atoms with E-state index < -0.39 is 5.60 Å². The molecule has 0 saturated carbocycles. The van der Waals surface area contributed by atoms with Gasteiger partial charge in [0.2, 0.25) is 5.91 Å². The Morgan fingerprint density at radius 3 is 2.39 bits per heavy atom. The van der Waals surface area contributed by atoms with Crippen LogP contribution in [0.25, 0.3) is 0 Å². The van der Waals surface area contributed by atoms with Crippen LogP contribution in [-0.2, 0) is 14.3 Å². The number of carbonyl (C=O) groups excluding carboxylic acids is 2. The van der Waals surface area contributed by atoms with Crippen molar-refractivity contribution in [1.29, 1.82) is 0 Å². The second-order valence-corrected chi connectivity index (χ2v) is 5.68. The average Bonchev–Trinajstić information content (AvgIpc) is 2.25.